The first-order valence-electron chi connectivity index (χ1n) is 6.75. The molecule has 0 spiro atoms. The molecular formula is C14H23N3O4. The van der Waals surface area contributed by atoms with Gasteiger partial charge in [0.1, 0.15) is 5.60 Å². The van der Waals surface area contributed by atoms with E-state index < -0.39 is 23.7 Å². The van der Waals surface area contributed by atoms with E-state index in [1.165, 1.54) is 13.2 Å². The highest BCUT2D eigenvalue weighted by Gasteiger charge is 2.34. The van der Waals surface area contributed by atoms with E-state index in [-0.39, 0.29) is 6.04 Å². The van der Waals surface area contributed by atoms with Crippen molar-refractivity contribution in [3.63, 3.8) is 0 Å². The average molecular weight is 297 g/mol. The number of nitrogens with zero attached hydrogens (tertiary/aromatic N) is 3. The second-order valence-electron chi connectivity index (χ2n) is 6.15. The second kappa shape index (κ2) is 6.15. The Morgan fingerprint density at radius 2 is 1.95 bits per heavy atom. The summed E-state index contributed by atoms with van der Waals surface area (Å²) in [6, 6.07) is -1.11. The molecule has 7 heteroatoms. The zero-order chi connectivity index (χ0) is 16.4. The maximum absolute atomic E-state index is 12.1. The predicted molar refractivity (Wildman–Crippen MR) is 77.0 cm³/mol. The van der Waals surface area contributed by atoms with Gasteiger partial charge in [0.2, 0.25) is 0 Å². The number of aliphatic carboxylic acids is 1. The third kappa shape index (κ3) is 4.21. The van der Waals surface area contributed by atoms with Crippen LogP contribution in [-0.2, 0) is 9.53 Å². The van der Waals surface area contributed by atoms with Gasteiger partial charge in [0.25, 0.3) is 0 Å². The van der Waals surface area contributed by atoms with Crippen molar-refractivity contribution in [3.05, 3.63) is 18.2 Å². The highest BCUT2D eigenvalue weighted by molar-refractivity contribution is 5.81. The Labute approximate surface area is 124 Å². The van der Waals surface area contributed by atoms with Gasteiger partial charge in [-0.05, 0) is 34.6 Å². The molecule has 118 valence electrons. The molecule has 0 aliphatic carbocycles. The largest absolute Gasteiger partial charge is 0.479 e. The molecule has 0 aliphatic rings. The standard InChI is InChI=1S/C14H23N3O4/c1-9(2)17-8-15-7-10(17)11(12(18)19)16(6)13(20)21-14(3,4)5/h7-9,11H,1-6H3,(H,18,19). The Morgan fingerprint density at radius 3 is 2.38 bits per heavy atom. The lowest BCUT2D eigenvalue weighted by Gasteiger charge is -2.29. The van der Waals surface area contributed by atoms with Crippen molar-refractivity contribution in [3.8, 4) is 0 Å². The maximum Gasteiger partial charge on any atom is 0.411 e. The lowest BCUT2D eigenvalue weighted by molar-refractivity contribution is -0.143. The van der Waals surface area contributed by atoms with Gasteiger partial charge in [0.05, 0.1) is 18.2 Å². The molecule has 1 amide bonds. The molecule has 1 atom stereocenters. The van der Waals surface area contributed by atoms with E-state index in [4.69, 9.17) is 4.74 Å². The summed E-state index contributed by atoms with van der Waals surface area (Å²) in [5.74, 6) is -1.13. The van der Waals surface area contributed by atoms with Gasteiger partial charge in [-0.2, -0.15) is 0 Å². The van der Waals surface area contributed by atoms with Gasteiger partial charge in [-0.15, -0.1) is 0 Å². The van der Waals surface area contributed by atoms with Crippen LogP contribution in [0.4, 0.5) is 4.79 Å². The van der Waals surface area contributed by atoms with Crippen molar-refractivity contribution in [2.24, 2.45) is 0 Å². The zero-order valence-electron chi connectivity index (χ0n) is 13.3. The lowest BCUT2D eigenvalue weighted by Crippen LogP contribution is -2.40. The molecule has 0 saturated heterocycles. The summed E-state index contributed by atoms with van der Waals surface area (Å²) < 4.78 is 6.94. The van der Waals surface area contributed by atoms with E-state index in [9.17, 15) is 14.7 Å². The zero-order valence-corrected chi connectivity index (χ0v) is 13.3. The number of carbonyl (C=O) groups excluding carboxylic acids is 1. The molecule has 1 unspecified atom stereocenters. The molecular weight excluding hydrogens is 274 g/mol. The second-order valence-corrected chi connectivity index (χ2v) is 6.15. The van der Waals surface area contributed by atoms with Gasteiger partial charge in [0.15, 0.2) is 6.04 Å². The van der Waals surface area contributed by atoms with Crippen molar-refractivity contribution in [2.75, 3.05) is 7.05 Å². The van der Waals surface area contributed by atoms with Crippen LogP contribution in [0.3, 0.4) is 0 Å². The Morgan fingerprint density at radius 1 is 1.38 bits per heavy atom. The minimum atomic E-state index is -1.15. The van der Waals surface area contributed by atoms with E-state index in [1.807, 2.05) is 13.8 Å². The number of carboxylic acid groups (broad SMARTS) is 1. The number of ether oxygens (including phenoxy) is 1. The van der Waals surface area contributed by atoms with Crippen LogP contribution >= 0.6 is 0 Å². The average Bonchev–Trinajstić information content (AvgIpc) is 2.75. The van der Waals surface area contributed by atoms with E-state index in [2.05, 4.69) is 4.98 Å². The minimum absolute atomic E-state index is 0.0383. The Balaban J connectivity index is 3.10. The summed E-state index contributed by atoms with van der Waals surface area (Å²) in [6.07, 6.45) is 2.32. The number of aromatic nitrogens is 2. The molecule has 7 nitrogen and oxygen atoms in total. The number of hydrogen-bond acceptors (Lipinski definition) is 4. The lowest BCUT2D eigenvalue weighted by atomic mass is 10.2. The van der Waals surface area contributed by atoms with Crippen LogP contribution in [0.25, 0.3) is 0 Å². The van der Waals surface area contributed by atoms with Gasteiger partial charge in [0, 0.05) is 13.1 Å². The highest BCUT2D eigenvalue weighted by Crippen LogP contribution is 2.24. The van der Waals surface area contributed by atoms with Crippen LogP contribution in [0.5, 0.6) is 0 Å². The van der Waals surface area contributed by atoms with Crippen LogP contribution in [-0.4, -0.2) is 44.3 Å². The number of imidazole rings is 1. The Kier molecular flexibility index (Phi) is 4.98. The fraction of sp³-hybridized carbons (Fsp3) is 0.643. The SMILES string of the molecule is CC(C)n1cncc1C(C(=O)O)N(C)C(=O)OC(C)(C)C. The molecule has 21 heavy (non-hydrogen) atoms. The number of carbonyl (C=O) groups is 2. The molecule has 0 aliphatic heterocycles. The fourth-order valence-electron chi connectivity index (χ4n) is 1.89. The third-order valence-corrected chi connectivity index (χ3v) is 2.84. The number of likely N-dealkylation sites (N-methyl/N-ethyl adjacent to an activating group) is 1. The van der Waals surface area contributed by atoms with Crippen LogP contribution in [0, 0.1) is 0 Å². The Bertz CT molecular complexity index is 517. The van der Waals surface area contributed by atoms with Gasteiger partial charge in [-0.3, -0.25) is 4.90 Å². The number of rotatable bonds is 4. The molecule has 1 heterocycles. The summed E-state index contributed by atoms with van der Waals surface area (Å²) in [7, 11) is 1.41. The van der Waals surface area contributed by atoms with Crippen molar-refractivity contribution in [1.29, 1.82) is 0 Å². The molecule has 0 saturated carbocycles. The van der Waals surface area contributed by atoms with E-state index >= 15 is 0 Å². The van der Waals surface area contributed by atoms with Crippen molar-refractivity contribution < 1.29 is 19.4 Å². The van der Waals surface area contributed by atoms with Crippen LogP contribution in [0.2, 0.25) is 0 Å². The molecule has 0 fully saturated rings. The molecule has 1 aromatic heterocycles. The van der Waals surface area contributed by atoms with E-state index in [0.717, 1.165) is 4.90 Å². The van der Waals surface area contributed by atoms with Gasteiger partial charge in [-0.1, -0.05) is 0 Å². The number of amides is 1. The van der Waals surface area contributed by atoms with Gasteiger partial charge in [-0.25, -0.2) is 14.6 Å². The summed E-state index contributed by atoms with van der Waals surface area (Å²) in [6.45, 7) is 9.02. The van der Waals surface area contributed by atoms with Crippen molar-refractivity contribution in [2.45, 2.75) is 52.3 Å². The highest BCUT2D eigenvalue weighted by atomic mass is 16.6. The van der Waals surface area contributed by atoms with Crippen LogP contribution in [0.1, 0.15) is 52.4 Å². The molecule has 1 N–H and O–H groups in total. The van der Waals surface area contributed by atoms with Crippen LogP contribution < -0.4 is 0 Å². The third-order valence-electron chi connectivity index (χ3n) is 2.84. The first-order chi connectivity index (χ1) is 9.54. The predicted octanol–water partition coefficient (Wildman–Crippen LogP) is 2.46. The molecule has 1 aromatic rings. The summed E-state index contributed by atoms with van der Waals surface area (Å²) >= 11 is 0. The first-order valence-corrected chi connectivity index (χ1v) is 6.75. The summed E-state index contributed by atoms with van der Waals surface area (Å²) in [5, 5.41) is 9.48. The summed E-state index contributed by atoms with van der Waals surface area (Å²) in [5.41, 5.74) is -0.252. The number of hydrogen-bond donors (Lipinski definition) is 1. The smallest absolute Gasteiger partial charge is 0.411 e. The van der Waals surface area contributed by atoms with Gasteiger partial charge < -0.3 is 14.4 Å². The van der Waals surface area contributed by atoms with E-state index in [0.29, 0.717) is 5.69 Å². The first kappa shape index (κ1) is 17.0. The normalized spacial score (nSPS) is 13.1. The van der Waals surface area contributed by atoms with E-state index in [1.54, 1.807) is 31.7 Å². The number of carboxylic acids is 1. The molecule has 0 radical (unpaired) electrons. The quantitative estimate of drug-likeness (QED) is 0.922. The summed E-state index contributed by atoms with van der Waals surface area (Å²) in [4.78, 5) is 28.7. The maximum atomic E-state index is 12.1. The molecule has 1 rings (SSSR count). The molecule has 0 bridgehead atoms. The fourth-order valence-corrected chi connectivity index (χ4v) is 1.89. The van der Waals surface area contributed by atoms with Crippen molar-refractivity contribution >= 4 is 12.1 Å². The van der Waals surface area contributed by atoms with Crippen LogP contribution in [0.15, 0.2) is 12.5 Å². The van der Waals surface area contributed by atoms with Crippen molar-refractivity contribution in [1.82, 2.24) is 14.5 Å². The Hall–Kier alpha value is -2.05. The topological polar surface area (TPSA) is 84.7 Å². The monoisotopic (exact) mass is 297 g/mol. The van der Waals surface area contributed by atoms with Gasteiger partial charge >= 0.3 is 12.1 Å². The molecule has 0 aromatic carbocycles. The minimum Gasteiger partial charge on any atom is -0.479 e.